The Labute approximate surface area is 93.9 Å². The number of benzene rings is 1. The van der Waals surface area contributed by atoms with Gasteiger partial charge in [-0.15, -0.1) is 0 Å². The zero-order valence-corrected chi connectivity index (χ0v) is 9.78. The number of methoxy groups -OCH3 is 1. The quantitative estimate of drug-likeness (QED) is 0.859. The summed E-state index contributed by atoms with van der Waals surface area (Å²) in [5, 5.41) is 0. The van der Waals surface area contributed by atoms with E-state index in [2.05, 4.69) is 18.8 Å². The van der Waals surface area contributed by atoms with Gasteiger partial charge in [-0.05, 0) is 18.1 Å². The van der Waals surface area contributed by atoms with Crippen molar-refractivity contribution >= 4 is 11.0 Å². The Morgan fingerprint density at radius 2 is 2.19 bits per heavy atom. The lowest BCUT2D eigenvalue weighted by molar-refractivity contribution is 0.415. The fourth-order valence-electron chi connectivity index (χ4n) is 1.81. The number of aromatic amines is 1. The fraction of sp³-hybridized carbons (Fsp3) is 0.417. The van der Waals surface area contributed by atoms with Crippen LogP contribution >= 0.6 is 0 Å². The standard InChI is InChI=1S/C12H16N2O2/c1-8(2)7-14-11-6-9(16-3)4-5-10(11)13-12(14)15/h4-6,8H,7H2,1-3H3,(H,13,15). The van der Waals surface area contributed by atoms with Gasteiger partial charge in [0.05, 0.1) is 18.1 Å². The molecule has 0 spiro atoms. The minimum Gasteiger partial charge on any atom is -0.497 e. The van der Waals surface area contributed by atoms with Gasteiger partial charge in [-0.1, -0.05) is 13.8 Å². The Hall–Kier alpha value is -1.71. The topological polar surface area (TPSA) is 47.0 Å². The van der Waals surface area contributed by atoms with Crippen molar-refractivity contribution < 1.29 is 4.74 Å². The second kappa shape index (κ2) is 4.04. The highest BCUT2D eigenvalue weighted by molar-refractivity contribution is 5.76. The Balaban J connectivity index is 2.61. The van der Waals surface area contributed by atoms with E-state index in [4.69, 9.17) is 4.74 Å². The normalized spacial score (nSPS) is 11.2. The smallest absolute Gasteiger partial charge is 0.326 e. The molecule has 4 nitrogen and oxygen atoms in total. The predicted octanol–water partition coefficient (Wildman–Crippen LogP) is 1.99. The van der Waals surface area contributed by atoms with Crippen molar-refractivity contribution in [3.05, 3.63) is 28.7 Å². The molecule has 1 heterocycles. The number of H-pyrrole nitrogens is 1. The number of rotatable bonds is 3. The molecular weight excluding hydrogens is 204 g/mol. The Bertz CT molecular complexity index is 552. The summed E-state index contributed by atoms with van der Waals surface area (Å²) < 4.78 is 6.91. The molecular formula is C12H16N2O2. The summed E-state index contributed by atoms with van der Waals surface area (Å²) in [4.78, 5) is 14.6. The van der Waals surface area contributed by atoms with Crippen LogP contribution in [0.4, 0.5) is 0 Å². The molecule has 0 bridgehead atoms. The van der Waals surface area contributed by atoms with Crippen LogP contribution in [-0.4, -0.2) is 16.7 Å². The van der Waals surface area contributed by atoms with Crippen molar-refractivity contribution in [2.24, 2.45) is 5.92 Å². The molecule has 4 heteroatoms. The van der Waals surface area contributed by atoms with Gasteiger partial charge in [0.25, 0.3) is 0 Å². The molecule has 0 aliphatic rings. The number of hydrogen-bond acceptors (Lipinski definition) is 2. The molecule has 0 atom stereocenters. The van der Waals surface area contributed by atoms with E-state index < -0.39 is 0 Å². The van der Waals surface area contributed by atoms with E-state index in [0.717, 1.165) is 16.8 Å². The van der Waals surface area contributed by atoms with Gasteiger partial charge >= 0.3 is 5.69 Å². The molecule has 0 amide bonds. The van der Waals surface area contributed by atoms with Crippen LogP contribution in [0.3, 0.4) is 0 Å². The van der Waals surface area contributed by atoms with Crippen LogP contribution < -0.4 is 10.4 Å². The van der Waals surface area contributed by atoms with Gasteiger partial charge in [-0.2, -0.15) is 0 Å². The maximum absolute atomic E-state index is 11.7. The van der Waals surface area contributed by atoms with Crippen molar-refractivity contribution in [3.8, 4) is 5.75 Å². The highest BCUT2D eigenvalue weighted by atomic mass is 16.5. The first-order valence-electron chi connectivity index (χ1n) is 5.38. The average molecular weight is 220 g/mol. The Morgan fingerprint density at radius 3 is 2.81 bits per heavy atom. The molecule has 0 radical (unpaired) electrons. The molecule has 0 aliphatic heterocycles. The van der Waals surface area contributed by atoms with E-state index in [1.165, 1.54) is 0 Å². The lowest BCUT2D eigenvalue weighted by Crippen LogP contribution is -2.19. The first-order chi connectivity index (χ1) is 7.61. The SMILES string of the molecule is COc1ccc2[nH]c(=O)n(CC(C)C)c2c1. The van der Waals surface area contributed by atoms with E-state index in [1.807, 2.05) is 18.2 Å². The van der Waals surface area contributed by atoms with Crippen LogP contribution in [0.2, 0.25) is 0 Å². The zero-order chi connectivity index (χ0) is 11.7. The molecule has 0 fully saturated rings. The summed E-state index contributed by atoms with van der Waals surface area (Å²) in [6.07, 6.45) is 0. The summed E-state index contributed by atoms with van der Waals surface area (Å²) in [7, 11) is 1.62. The van der Waals surface area contributed by atoms with Crippen LogP contribution in [-0.2, 0) is 6.54 Å². The molecule has 0 saturated heterocycles. The second-order valence-electron chi connectivity index (χ2n) is 4.32. The van der Waals surface area contributed by atoms with Crippen LogP contribution in [0.15, 0.2) is 23.0 Å². The third kappa shape index (κ3) is 1.83. The van der Waals surface area contributed by atoms with Gasteiger partial charge in [0, 0.05) is 12.6 Å². The van der Waals surface area contributed by atoms with Crippen molar-refractivity contribution in [2.75, 3.05) is 7.11 Å². The minimum atomic E-state index is -0.0584. The van der Waals surface area contributed by atoms with Gasteiger partial charge < -0.3 is 9.72 Å². The zero-order valence-electron chi connectivity index (χ0n) is 9.78. The first-order valence-corrected chi connectivity index (χ1v) is 5.38. The van der Waals surface area contributed by atoms with E-state index in [0.29, 0.717) is 12.5 Å². The number of hydrogen-bond donors (Lipinski definition) is 1. The molecule has 1 aromatic heterocycles. The third-order valence-electron chi connectivity index (χ3n) is 2.53. The third-order valence-corrected chi connectivity index (χ3v) is 2.53. The van der Waals surface area contributed by atoms with Crippen molar-refractivity contribution in [2.45, 2.75) is 20.4 Å². The molecule has 0 unspecified atom stereocenters. The molecule has 2 rings (SSSR count). The second-order valence-corrected chi connectivity index (χ2v) is 4.32. The van der Waals surface area contributed by atoms with E-state index in [1.54, 1.807) is 11.7 Å². The monoisotopic (exact) mass is 220 g/mol. The Kier molecular flexibility index (Phi) is 2.73. The van der Waals surface area contributed by atoms with Crippen LogP contribution in [0, 0.1) is 5.92 Å². The lowest BCUT2D eigenvalue weighted by Gasteiger charge is -2.06. The van der Waals surface area contributed by atoms with Crippen molar-refractivity contribution in [1.82, 2.24) is 9.55 Å². The fourth-order valence-corrected chi connectivity index (χ4v) is 1.81. The highest BCUT2D eigenvalue weighted by Gasteiger charge is 2.08. The van der Waals surface area contributed by atoms with E-state index in [-0.39, 0.29) is 5.69 Å². The van der Waals surface area contributed by atoms with Crippen molar-refractivity contribution in [3.63, 3.8) is 0 Å². The summed E-state index contributed by atoms with van der Waals surface area (Å²) in [6.45, 7) is 4.89. The number of aromatic nitrogens is 2. The lowest BCUT2D eigenvalue weighted by atomic mass is 10.2. The molecule has 0 saturated carbocycles. The number of nitrogens with zero attached hydrogens (tertiary/aromatic N) is 1. The van der Waals surface area contributed by atoms with Gasteiger partial charge in [0.1, 0.15) is 5.75 Å². The van der Waals surface area contributed by atoms with Gasteiger partial charge in [-0.25, -0.2) is 4.79 Å². The average Bonchev–Trinajstić information content (AvgIpc) is 2.54. The summed E-state index contributed by atoms with van der Waals surface area (Å²) in [6, 6.07) is 5.60. The summed E-state index contributed by atoms with van der Waals surface area (Å²) in [5.41, 5.74) is 1.70. The molecule has 1 aromatic carbocycles. The number of nitrogens with one attached hydrogen (secondary N) is 1. The van der Waals surface area contributed by atoms with Crippen LogP contribution in [0.25, 0.3) is 11.0 Å². The maximum atomic E-state index is 11.7. The van der Waals surface area contributed by atoms with Gasteiger partial charge in [-0.3, -0.25) is 4.57 Å². The molecule has 1 N–H and O–H groups in total. The van der Waals surface area contributed by atoms with Gasteiger partial charge in [0.15, 0.2) is 0 Å². The van der Waals surface area contributed by atoms with Crippen molar-refractivity contribution in [1.29, 1.82) is 0 Å². The maximum Gasteiger partial charge on any atom is 0.326 e. The number of imidazole rings is 1. The largest absolute Gasteiger partial charge is 0.497 e. The predicted molar refractivity (Wildman–Crippen MR) is 63.9 cm³/mol. The van der Waals surface area contributed by atoms with E-state index >= 15 is 0 Å². The summed E-state index contributed by atoms with van der Waals surface area (Å²) >= 11 is 0. The summed E-state index contributed by atoms with van der Waals surface area (Å²) in [5.74, 6) is 1.20. The molecule has 86 valence electrons. The number of fused-ring (bicyclic) bond motifs is 1. The highest BCUT2D eigenvalue weighted by Crippen LogP contribution is 2.18. The van der Waals surface area contributed by atoms with Crippen LogP contribution in [0.5, 0.6) is 5.75 Å². The number of ether oxygens (including phenoxy) is 1. The first kappa shape index (κ1) is 10.8. The minimum absolute atomic E-state index is 0.0584. The molecule has 16 heavy (non-hydrogen) atoms. The Morgan fingerprint density at radius 1 is 1.44 bits per heavy atom. The van der Waals surface area contributed by atoms with Crippen LogP contribution in [0.1, 0.15) is 13.8 Å². The van der Waals surface area contributed by atoms with Gasteiger partial charge in [0.2, 0.25) is 0 Å². The molecule has 2 aromatic rings. The van der Waals surface area contributed by atoms with E-state index in [9.17, 15) is 4.79 Å². The molecule has 0 aliphatic carbocycles.